The summed E-state index contributed by atoms with van der Waals surface area (Å²) in [5, 5.41) is 8.38. The molecule has 0 amide bonds. The van der Waals surface area contributed by atoms with Crippen molar-refractivity contribution in [3.63, 3.8) is 0 Å². The number of aromatic nitrogens is 2. The standard InChI is InChI=1S/C13H16ClN3O2/c1-9-15-16-13(19-9)8-17(2)7-10-4-5-12(18-3)11(14)6-10/h4-6H,7-8H2,1-3H3. The first-order valence-corrected chi connectivity index (χ1v) is 6.26. The van der Waals surface area contributed by atoms with Gasteiger partial charge in [0, 0.05) is 13.5 Å². The molecule has 0 radical (unpaired) electrons. The van der Waals surface area contributed by atoms with Gasteiger partial charge < -0.3 is 9.15 Å². The third-order valence-electron chi connectivity index (χ3n) is 2.64. The Morgan fingerprint density at radius 3 is 2.68 bits per heavy atom. The zero-order chi connectivity index (χ0) is 13.8. The highest BCUT2D eigenvalue weighted by Crippen LogP contribution is 2.25. The second-order valence-electron chi connectivity index (χ2n) is 4.36. The fourth-order valence-corrected chi connectivity index (χ4v) is 2.09. The third-order valence-corrected chi connectivity index (χ3v) is 2.94. The molecule has 19 heavy (non-hydrogen) atoms. The van der Waals surface area contributed by atoms with E-state index in [1.807, 2.05) is 25.2 Å². The Morgan fingerprint density at radius 2 is 2.11 bits per heavy atom. The molecule has 6 heteroatoms. The monoisotopic (exact) mass is 281 g/mol. The quantitative estimate of drug-likeness (QED) is 0.843. The normalized spacial score (nSPS) is 11.0. The van der Waals surface area contributed by atoms with E-state index in [9.17, 15) is 0 Å². The van der Waals surface area contributed by atoms with Gasteiger partial charge in [0.1, 0.15) is 5.75 Å². The van der Waals surface area contributed by atoms with Crippen molar-refractivity contribution in [1.29, 1.82) is 0 Å². The van der Waals surface area contributed by atoms with Crippen LogP contribution < -0.4 is 4.74 Å². The van der Waals surface area contributed by atoms with E-state index in [1.54, 1.807) is 14.0 Å². The largest absolute Gasteiger partial charge is 0.495 e. The van der Waals surface area contributed by atoms with Gasteiger partial charge in [-0.3, -0.25) is 4.90 Å². The molecule has 1 aromatic heterocycles. The third kappa shape index (κ3) is 3.68. The fraction of sp³-hybridized carbons (Fsp3) is 0.385. The van der Waals surface area contributed by atoms with Crippen molar-refractivity contribution in [3.05, 3.63) is 40.6 Å². The highest BCUT2D eigenvalue weighted by Gasteiger charge is 2.08. The van der Waals surface area contributed by atoms with Crippen molar-refractivity contribution in [2.24, 2.45) is 0 Å². The summed E-state index contributed by atoms with van der Waals surface area (Å²) in [6, 6.07) is 5.75. The van der Waals surface area contributed by atoms with Gasteiger partial charge in [0.2, 0.25) is 11.8 Å². The lowest BCUT2D eigenvalue weighted by molar-refractivity contribution is 0.278. The lowest BCUT2D eigenvalue weighted by Crippen LogP contribution is -2.17. The van der Waals surface area contributed by atoms with E-state index in [-0.39, 0.29) is 0 Å². The zero-order valence-electron chi connectivity index (χ0n) is 11.2. The minimum atomic E-state index is 0.580. The Morgan fingerprint density at radius 1 is 1.32 bits per heavy atom. The maximum Gasteiger partial charge on any atom is 0.230 e. The molecule has 0 saturated heterocycles. The first-order chi connectivity index (χ1) is 9.08. The first-order valence-electron chi connectivity index (χ1n) is 5.88. The van der Waals surface area contributed by atoms with Crippen LogP contribution in [0.15, 0.2) is 22.6 Å². The van der Waals surface area contributed by atoms with Gasteiger partial charge in [0.25, 0.3) is 0 Å². The van der Waals surface area contributed by atoms with Gasteiger partial charge in [0.05, 0.1) is 18.7 Å². The molecule has 0 aliphatic heterocycles. The first kappa shape index (κ1) is 13.8. The van der Waals surface area contributed by atoms with Gasteiger partial charge in [-0.25, -0.2) is 0 Å². The van der Waals surface area contributed by atoms with Crippen molar-refractivity contribution in [1.82, 2.24) is 15.1 Å². The molecule has 0 aliphatic carbocycles. The van der Waals surface area contributed by atoms with Crippen LogP contribution in [0.3, 0.4) is 0 Å². The predicted molar refractivity (Wildman–Crippen MR) is 72.2 cm³/mol. The molecule has 2 rings (SSSR count). The fourth-order valence-electron chi connectivity index (χ4n) is 1.81. The van der Waals surface area contributed by atoms with Crippen LogP contribution in [-0.2, 0) is 13.1 Å². The Bertz CT molecular complexity index is 557. The van der Waals surface area contributed by atoms with Gasteiger partial charge in [-0.15, -0.1) is 10.2 Å². The Kier molecular flexibility index (Phi) is 4.39. The van der Waals surface area contributed by atoms with Crippen LogP contribution in [0.4, 0.5) is 0 Å². The molecule has 1 aromatic carbocycles. The molecule has 2 aromatic rings. The molecule has 0 fully saturated rings. The summed E-state index contributed by atoms with van der Waals surface area (Å²) < 4.78 is 10.5. The molecule has 0 unspecified atom stereocenters. The molecular formula is C13H16ClN3O2. The van der Waals surface area contributed by atoms with Gasteiger partial charge in [-0.2, -0.15) is 0 Å². The lowest BCUT2D eigenvalue weighted by atomic mass is 10.2. The van der Waals surface area contributed by atoms with Crippen LogP contribution >= 0.6 is 11.6 Å². The van der Waals surface area contributed by atoms with Crippen LogP contribution in [-0.4, -0.2) is 29.3 Å². The Balaban J connectivity index is 1.98. The van der Waals surface area contributed by atoms with E-state index in [0.29, 0.717) is 29.1 Å². The van der Waals surface area contributed by atoms with Gasteiger partial charge in [-0.1, -0.05) is 17.7 Å². The summed E-state index contributed by atoms with van der Waals surface area (Å²) in [4.78, 5) is 2.07. The average molecular weight is 282 g/mol. The molecule has 102 valence electrons. The molecular weight excluding hydrogens is 266 g/mol. The minimum absolute atomic E-state index is 0.580. The van der Waals surface area contributed by atoms with Gasteiger partial charge in [-0.05, 0) is 24.7 Å². The van der Waals surface area contributed by atoms with Crippen LogP contribution in [0.25, 0.3) is 0 Å². The maximum atomic E-state index is 6.09. The minimum Gasteiger partial charge on any atom is -0.495 e. The van der Waals surface area contributed by atoms with E-state index in [2.05, 4.69) is 15.1 Å². The van der Waals surface area contributed by atoms with Crippen LogP contribution in [0.5, 0.6) is 5.75 Å². The number of benzene rings is 1. The van der Waals surface area contributed by atoms with E-state index < -0.39 is 0 Å². The second kappa shape index (κ2) is 6.04. The van der Waals surface area contributed by atoms with Crippen molar-refractivity contribution in [2.45, 2.75) is 20.0 Å². The van der Waals surface area contributed by atoms with Crippen LogP contribution in [0, 0.1) is 6.92 Å². The molecule has 1 heterocycles. The number of methoxy groups -OCH3 is 1. The Labute approximate surface area is 117 Å². The van der Waals surface area contributed by atoms with Crippen molar-refractivity contribution in [3.8, 4) is 5.75 Å². The van der Waals surface area contributed by atoms with E-state index >= 15 is 0 Å². The van der Waals surface area contributed by atoms with E-state index in [0.717, 1.165) is 12.1 Å². The van der Waals surface area contributed by atoms with Crippen molar-refractivity contribution < 1.29 is 9.15 Å². The highest BCUT2D eigenvalue weighted by molar-refractivity contribution is 6.32. The SMILES string of the molecule is COc1ccc(CN(C)Cc2nnc(C)o2)cc1Cl. The molecule has 0 saturated carbocycles. The number of aryl methyl sites for hydroxylation is 1. The number of halogens is 1. The average Bonchev–Trinajstić information content (AvgIpc) is 2.74. The van der Waals surface area contributed by atoms with Crippen LogP contribution in [0.1, 0.15) is 17.3 Å². The number of hydrogen-bond donors (Lipinski definition) is 0. The van der Waals surface area contributed by atoms with Crippen molar-refractivity contribution in [2.75, 3.05) is 14.2 Å². The molecule has 0 atom stereocenters. The number of ether oxygens (including phenoxy) is 1. The van der Waals surface area contributed by atoms with E-state index in [4.69, 9.17) is 20.8 Å². The predicted octanol–water partition coefficient (Wildman–Crippen LogP) is 2.67. The number of rotatable bonds is 5. The highest BCUT2D eigenvalue weighted by atomic mass is 35.5. The lowest BCUT2D eigenvalue weighted by Gasteiger charge is -2.15. The topological polar surface area (TPSA) is 51.4 Å². The maximum absolute atomic E-state index is 6.09. The van der Waals surface area contributed by atoms with Crippen molar-refractivity contribution >= 4 is 11.6 Å². The second-order valence-corrected chi connectivity index (χ2v) is 4.76. The Hall–Kier alpha value is -1.59. The van der Waals surface area contributed by atoms with Gasteiger partial charge in [0.15, 0.2) is 0 Å². The summed E-state index contributed by atoms with van der Waals surface area (Å²) in [7, 11) is 3.59. The molecule has 0 aliphatic rings. The molecule has 0 spiro atoms. The summed E-state index contributed by atoms with van der Waals surface area (Å²) in [5.74, 6) is 1.87. The van der Waals surface area contributed by atoms with E-state index in [1.165, 1.54) is 0 Å². The summed E-state index contributed by atoms with van der Waals surface area (Å²) >= 11 is 6.09. The van der Waals surface area contributed by atoms with Crippen LogP contribution in [0.2, 0.25) is 5.02 Å². The molecule has 0 N–H and O–H groups in total. The smallest absolute Gasteiger partial charge is 0.230 e. The number of hydrogen-bond acceptors (Lipinski definition) is 5. The summed E-state index contributed by atoms with van der Waals surface area (Å²) in [6.45, 7) is 3.12. The summed E-state index contributed by atoms with van der Waals surface area (Å²) in [6.07, 6.45) is 0. The molecule has 5 nitrogen and oxygen atoms in total. The summed E-state index contributed by atoms with van der Waals surface area (Å²) in [5.41, 5.74) is 1.10. The molecule has 0 bridgehead atoms. The zero-order valence-corrected chi connectivity index (χ0v) is 11.9. The van der Waals surface area contributed by atoms with Gasteiger partial charge >= 0.3 is 0 Å². The number of nitrogens with zero attached hydrogens (tertiary/aromatic N) is 3.